The highest BCUT2D eigenvalue weighted by molar-refractivity contribution is 7.99. The van der Waals surface area contributed by atoms with Crippen molar-refractivity contribution in [2.45, 2.75) is 12.1 Å². The molecule has 1 amide bonds. The van der Waals surface area contributed by atoms with E-state index in [0.29, 0.717) is 16.1 Å². The molecule has 0 unspecified atom stereocenters. The van der Waals surface area contributed by atoms with E-state index < -0.39 is 0 Å². The number of carbonyl (C=O) groups excluding carboxylic acids is 1. The SMILES string of the molecule is Cc1cccc(N(C)C(=O)CSc2nc3ccccc3c(=O)n2N)c1. The van der Waals surface area contributed by atoms with Gasteiger partial charge < -0.3 is 10.7 Å². The third-order valence-corrected chi connectivity index (χ3v) is 4.80. The number of aryl methyl sites for hydroxylation is 1. The fourth-order valence-corrected chi connectivity index (χ4v) is 3.26. The van der Waals surface area contributed by atoms with Crippen LogP contribution in [0.4, 0.5) is 5.69 Å². The summed E-state index contributed by atoms with van der Waals surface area (Å²) in [5.74, 6) is 5.87. The molecule has 2 aromatic carbocycles. The summed E-state index contributed by atoms with van der Waals surface area (Å²) in [6.45, 7) is 1.97. The van der Waals surface area contributed by atoms with Crippen molar-refractivity contribution in [2.24, 2.45) is 0 Å². The van der Waals surface area contributed by atoms with Crippen molar-refractivity contribution in [1.82, 2.24) is 9.66 Å². The average molecular weight is 354 g/mol. The Morgan fingerprint density at radius 1 is 1.24 bits per heavy atom. The summed E-state index contributed by atoms with van der Waals surface area (Å²) >= 11 is 1.15. The fraction of sp³-hybridized carbons (Fsp3) is 0.167. The van der Waals surface area contributed by atoms with Gasteiger partial charge in [0, 0.05) is 12.7 Å². The quantitative estimate of drug-likeness (QED) is 0.441. The van der Waals surface area contributed by atoms with Gasteiger partial charge in [-0.1, -0.05) is 36.0 Å². The Kier molecular flexibility index (Phi) is 4.76. The third-order valence-electron chi connectivity index (χ3n) is 3.86. The number of carbonyl (C=O) groups is 1. The molecule has 0 fully saturated rings. The Hall–Kier alpha value is -2.80. The number of thioether (sulfide) groups is 1. The van der Waals surface area contributed by atoms with Crippen LogP contribution in [0.1, 0.15) is 5.56 Å². The number of hydrogen-bond donors (Lipinski definition) is 1. The number of aromatic nitrogens is 2. The first-order chi connectivity index (χ1) is 12.0. The molecule has 0 spiro atoms. The molecule has 2 N–H and O–H groups in total. The van der Waals surface area contributed by atoms with E-state index in [4.69, 9.17) is 5.84 Å². The Balaban J connectivity index is 1.79. The Morgan fingerprint density at radius 3 is 2.76 bits per heavy atom. The van der Waals surface area contributed by atoms with Gasteiger partial charge >= 0.3 is 0 Å². The lowest BCUT2D eigenvalue weighted by Crippen LogP contribution is -2.31. The maximum absolute atomic E-state index is 12.4. The first-order valence-corrected chi connectivity index (χ1v) is 8.69. The van der Waals surface area contributed by atoms with E-state index in [1.165, 1.54) is 0 Å². The lowest BCUT2D eigenvalue weighted by Gasteiger charge is -2.17. The van der Waals surface area contributed by atoms with Crippen molar-refractivity contribution in [2.75, 3.05) is 23.5 Å². The van der Waals surface area contributed by atoms with Crippen molar-refractivity contribution < 1.29 is 4.79 Å². The topological polar surface area (TPSA) is 81.2 Å². The van der Waals surface area contributed by atoms with Gasteiger partial charge in [0.1, 0.15) is 0 Å². The van der Waals surface area contributed by atoms with Crippen LogP contribution in [0.2, 0.25) is 0 Å². The number of nitrogens with two attached hydrogens (primary N) is 1. The number of amides is 1. The zero-order valence-electron chi connectivity index (χ0n) is 14.0. The number of fused-ring (bicyclic) bond motifs is 1. The maximum atomic E-state index is 12.4. The van der Waals surface area contributed by atoms with E-state index in [1.54, 1.807) is 36.2 Å². The molecule has 6 nitrogen and oxygen atoms in total. The summed E-state index contributed by atoms with van der Waals surface area (Å²) in [6, 6.07) is 14.7. The van der Waals surface area contributed by atoms with Crippen LogP contribution < -0.4 is 16.3 Å². The maximum Gasteiger partial charge on any atom is 0.280 e. The third kappa shape index (κ3) is 3.51. The summed E-state index contributed by atoms with van der Waals surface area (Å²) in [6.07, 6.45) is 0. The Labute approximate surface area is 149 Å². The number of nitrogen functional groups attached to an aromatic ring is 1. The first kappa shape index (κ1) is 17.0. The fourth-order valence-electron chi connectivity index (χ4n) is 2.43. The number of anilines is 1. The van der Waals surface area contributed by atoms with Crippen LogP contribution in [0.5, 0.6) is 0 Å². The molecule has 0 atom stereocenters. The zero-order valence-corrected chi connectivity index (χ0v) is 14.8. The van der Waals surface area contributed by atoms with Crippen molar-refractivity contribution in [1.29, 1.82) is 0 Å². The summed E-state index contributed by atoms with van der Waals surface area (Å²) < 4.78 is 0.993. The van der Waals surface area contributed by atoms with Crippen LogP contribution >= 0.6 is 11.8 Å². The van der Waals surface area contributed by atoms with Crippen LogP contribution in [0.15, 0.2) is 58.5 Å². The van der Waals surface area contributed by atoms with Crippen LogP contribution in [-0.4, -0.2) is 28.4 Å². The highest BCUT2D eigenvalue weighted by Gasteiger charge is 2.15. The van der Waals surface area contributed by atoms with E-state index in [1.807, 2.05) is 31.2 Å². The summed E-state index contributed by atoms with van der Waals surface area (Å²) in [5, 5.41) is 0.771. The monoisotopic (exact) mass is 354 g/mol. The molecule has 0 bridgehead atoms. The summed E-state index contributed by atoms with van der Waals surface area (Å²) in [4.78, 5) is 30.7. The molecule has 3 rings (SSSR count). The standard InChI is InChI=1S/C18H18N4O2S/c1-12-6-5-7-13(10-12)21(2)16(23)11-25-18-20-15-9-4-3-8-14(15)17(24)22(18)19/h3-10H,11,19H2,1-2H3. The highest BCUT2D eigenvalue weighted by Crippen LogP contribution is 2.19. The molecule has 1 heterocycles. The minimum absolute atomic E-state index is 0.0991. The summed E-state index contributed by atoms with van der Waals surface area (Å²) in [5.41, 5.74) is 2.14. The molecule has 0 saturated heterocycles. The molecular formula is C18H18N4O2S. The smallest absolute Gasteiger partial charge is 0.280 e. The molecular weight excluding hydrogens is 336 g/mol. The number of benzene rings is 2. The van der Waals surface area contributed by atoms with Crippen molar-refractivity contribution >= 4 is 34.3 Å². The van der Waals surface area contributed by atoms with Crippen LogP contribution in [0, 0.1) is 6.92 Å². The highest BCUT2D eigenvalue weighted by atomic mass is 32.2. The Bertz CT molecular complexity index is 1000. The van der Waals surface area contributed by atoms with Crippen molar-refractivity contribution in [3.8, 4) is 0 Å². The second-order valence-corrected chi connectivity index (χ2v) is 6.61. The normalized spacial score (nSPS) is 10.8. The molecule has 128 valence electrons. The van der Waals surface area contributed by atoms with Gasteiger partial charge in [-0.3, -0.25) is 9.59 Å². The lowest BCUT2D eigenvalue weighted by molar-refractivity contribution is -0.115. The largest absolute Gasteiger partial charge is 0.334 e. The molecule has 0 saturated carbocycles. The van der Waals surface area contributed by atoms with E-state index in [0.717, 1.165) is 27.7 Å². The minimum Gasteiger partial charge on any atom is -0.334 e. The predicted molar refractivity (Wildman–Crippen MR) is 101 cm³/mol. The molecule has 25 heavy (non-hydrogen) atoms. The number of rotatable bonds is 4. The molecule has 1 aromatic heterocycles. The van der Waals surface area contributed by atoms with Crippen LogP contribution in [0.25, 0.3) is 10.9 Å². The average Bonchev–Trinajstić information content (AvgIpc) is 2.62. The van der Waals surface area contributed by atoms with Gasteiger partial charge in [-0.25, -0.2) is 9.66 Å². The first-order valence-electron chi connectivity index (χ1n) is 7.70. The lowest BCUT2D eigenvalue weighted by atomic mass is 10.2. The van der Waals surface area contributed by atoms with E-state index >= 15 is 0 Å². The van der Waals surface area contributed by atoms with Gasteiger partial charge in [0.2, 0.25) is 5.91 Å². The van der Waals surface area contributed by atoms with Gasteiger partial charge in [-0.05, 0) is 36.8 Å². The van der Waals surface area contributed by atoms with Crippen LogP contribution in [0.3, 0.4) is 0 Å². The molecule has 3 aromatic rings. The predicted octanol–water partition coefficient (Wildman–Crippen LogP) is 2.17. The zero-order chi connectivity index (χ0) is 18.0. The number of hydrogen-bond acceptors (Lipinski definition) is 5. The van der Waals surface area contributed by atoms with E-state index in [-0.39, 0.29) is 17.2 Å². The molecule has 0 radical (unpaired) electrons. The number of nitrogens with zero attached hydrogens (tertiary/aromatic N) is 3. The minimum atomic E-state index is -0.326. The van der Waals surface area contributed by atoms with Gasteiger partial charge in [0.25, 0.3) is 5.56 Å². The van der Waals surface area contributed by atoms with E-state index in [9.17, 15) is 9.59 Å². The molecule has 0 aliphatic rings. The second-order valence-electron chi connectivity index (χ2n) is 5.67. The van der Waals surface area contributed by atoms with Gasteiger partial charge in [0.15, 0.2) is 5.16 Å². The van der Waals surface area contributed by atoms with Gasteiger partial charge in [-0.15, -0.1) is 0 Å². The van der Waals surface area contributed by atoms with Crippen molar-refractivity contribution in [3.05, 3.63) is 64.4 Å². The van der Waals surface area contributed by atoms with Gasteiger partial charge in [-0.2, -0.15) is 0 Å². The molecule has 0 aliphatic heterocycles. The molecule has 0 aliphatic carbocycles. The molecule has 7 heteroatoms. The van der Waals surface area contributed by atoms with Gasteiger partial charge in [0.05, 0.1) is 16.7 Å². The number of para-hydroxylation sites is 1. The summed E-state index contributed by atoms with van der Waals surface area (Å²) in [7, 11) is 1.72. The Morgan fingerprint density at radius 2 is 2.00 bits per heavy atom. The second kappa shape index (κ2) is 6.98. The van der Waals surface area contributed by atoms with E-state index in [2.05, 4.69) is 4.98 Å². The van der Waals surface area contributed by atoms with Crippen molar-refractivity contribution in [3.63, 3.8) is 0 Å². The van der Waals surface area contributed by atoms with Crippen LogP contribution in [-0.2, 0) is 4.79 Å².